The molecule has 8 heteroatoms. The Labute approximate surface area is 143 Å². The molecule has 1 fully saturated rings. The second-order valence-corrected chi connectivity index (χ2v) is 8.16. The minimum absolute atomic E-state index is 0.0232. The van der Waals surface area contributed by atoms with E-state index in [1.54, 1.807) is 30.3 Å². The lowest BCUT2D eigenvalue weighted by atomic mass is 10.2. The van der Waals surface area contributed by atoms with Crippen molar-refractivity contribution in [3.05, 3.63) is 59.1 Å². The lowest BCUT2D eigenvalue weighted by Gasteiger charge is -2.13. The van der Waals surface area contributed by atoms with Crippen LogP contribution in [0.3, 0.4) is 0 Å². The van der Waals surface area contributed by atoms with Crippen LogP contribution in [0.1, 0.15) is 10.9 Å². The Hall–Kier alpha value is -1.70. The van der Waals surface area contributed by atoms with Crippen molar-refractivity contribution in [3.63, 3.8) is 0 Å². The number of rotatable bonds is 4. The summed E-state index contributed by atoms with van der Waals surface area (Å²) >= 11 is 7.32. The van der Waals surface area contributed by atoms with Crippen LogP contribution >= 0.6 is 23.4 Å². The van der Waals surface area contributed by atoms with Crippen LogP contribution in [0.2, 0.25) is 5.02 Å². The van der Waals surface area contributed by atoms with Crippen LogP contribution in [0.25, 0.3) is 0 Å². The first-order valence-corrected chi connectivity index (χ1v) is 9.64. The molecular formula is C15H13ClN2O3S2. The number of thioether (sulfide) groups is 1. The molecule has 1 heterocycles. The number of sulfonamides is 1. The second kappa shape index (κ2) is 6.43. The van der Waals surface area contributed by atoms with Gasteiger partial charge in [-0.1, -0.05) is 29.8 Å². The highest BCUT2D eigenvalue weighted by Crippen LogP contribution is 2.32. The maximum absolute atomic E-state index is 12.4. The second-order valence-electron chi connectivity index (χ2n) is 4.95. The fraction of sp³-hybridized carbons (Fsp3) is 0.133. The number of anilines is 1. The van der Waals surface area contributed by atoms with E-state index in [0.29, 0.717) is 16.5 Å². The molecule has 0 spiro atoms. The van der Waals surface area contributed by atoms with E-state index in [0.717, 1.165) is 5.56 Å². The van der Waals surface area contributed by atoms with Crippen molar-refractivity contribution in [1.82, 2.24) is 5.32 Å². The number of amides is 1. The molecule has 0 radical (unpaired) electrons. The zero-order valence-electron chi connectivity index (χ0n) is 11.8. The predicted octanol–water partition coefficient (Wildman–Crippen LogP) is 3.00. The van der Waals surface area contributed by atoms with E-state index in [1.165, 1.54) is 23.9 Å². The first-order chi connectivity index (χ1) is 10.9. The highest BCUT2D eigenvalue weighted by Gasteiger charge is 2.23. The maximum Gasteiger partial charge on any atom is 0.261 e. The third kappa shape index (κ3) is 3.80. The zero-order valence-corrected chi connectivity index (χ0v) is 14.2. The first kappa shape index (κ1) is 16.2. The number of nitrogens with one attached hydrogen (secondary N) is 2. The summed E-state index contributed by atoms with van der Waals surface area (Å²) in [6, 6.07) is 13.0. The van der Waals surface area contributed by atoms with Crippen molar-refractivity contribution in [2.45, 2.75) is 10.3 Å². The normalized spacial score (nSPS) is 17.8. The summed E-state index contributed by atoms with van der Waals surface area (Å²) in [6.07, 6.45) is 0. The zero-order chi connectivity index (χ0) is 16.4. The molecule has 1 amide bonds. The van der Waals surface area contributed by atoms with Crippen LogP contribution in [-0.2, 0) is 14.8 Å². The molecular weight excluding hydrogens is 356 g/mol. The molecule has 1 aliphatic rings. The van der Waals surface area contributed by atoms with Crippen LogP contribution < -0.4 is 10.0 Å². The van der Waals surface area contributed by atoms with Gasteiger partial charge in [-0.3, -0.25) is 9.52 Å². The molecule has 1 atom stereocenters. The molecule has 5 nitrogen and oxygen atoms in total. The standard InChI is InChI=1S/C15H13ClN2O3S2/c16-11-4-2-6-13(8-11)23(20,21)18-12-5-1-3-10(7-12)15-17-14(19)9-22-15/h1-8,15,18H,9H2,(H,17,19). The SMILES string of the molecule is O=C1CSC(c2cccc(NS(=O)(=O)c3cccc(Cl)c3)c2)N1. The number of halogens is 1. The van der Waals surface area contributed by atoms with Crippen LogP contribution in [0.4, 0.5) is 5.69 Å². The molecule has 2 aromatic carbocycles. The quantitative estimate of drug-likeness (QED) is 0.869. The molecule has 3 rings (SSSR count). The largest absolute Gasteiger partial charge is 0.339 e. The van der Waals surface area contributed by atoms with Crippen molar-refractivity contribution in [2.24, 2.45) is 0 Å². The summed E-state index contributed by atoms with van der Waals surface area (Å²) in [5, 5.41) is 3.03. The third-order valence-corrected chi connectivity index (χ3v) is 5.99. The van der Waals surface area contributed by atoms with Gasteiger partial charge in [0.25, 0.3) is 10.0 Å². The van der Waals surface area contributed by atoms with Crippen LogP contribution in [-0.4, -0.2) is 20.1 Å². The smallest absolute Gasteiger partial charge is 0.261 e. The number of carbonyl (C=O) groups excluding carboxylic acids is 1. The summed E-state index contributed by atoms with van der Waals surface area (Å²) in [6.45, 7) is 0. The molecule has 0 aliphatic carbocycles. The molecule has 23 heavy (non-hydrogen) atoms. The molecule has 1 unspecified atom stereocenters. The topological polar surface area (TPSA) is 75.3 Å². The number of hydrogen-bond acceptors (Lipinski definition) is 4. The third-order valence-electron chi connectivity index (χ3n) is 3.22. The molecule has 1 saturated heterocycles. The van der Waals surface area contributed by atoms with Gasteiger partial charge < -0.3 is 5.32 Å². The Balaban J connectivity index is 1.84. The Morgan fingerprint density at radius 1 is 1.17 bits per heavy atom. The van der Waals surface area contributed by atoms with Crippen molar-refractivity contribution >= 4 is 45.0 Å². The predicted molar refractivity (Wildman–Crippen MR) is 92.0 cm³/mol. The molecule has 0 bridgehead atoms. The average Bonchev–Trinajstić information content (AvgIpc) is 2.94. The Morgan fingerprint density at radius 2 is 1.96 bits per heavy atom. The molecule has 2 N–H and O–H groups in total. The number of hydrogen-bond donors (Lipinski definition) is 2. The van der Waals surface area contributed by atoms with Crippen molar-refractivity contribution < 1.29 is 13.2 Å². The maximum atomic E-state index is 12.4. The van der Waals surface area contributed by atoms with Crippen LogP contribution in [0.5, 0.6) is 0 Å². The summed E-state index contributed by atoms with van der Waals surface area (Å²) in [7, 11) is -3.72. The summed E-state index contributed by atoms with van der Waals surface area (Å²) in [4.78, 5) is 11.4. The van der Waals surface area contributed by atoms with Gasteiger partial charge >= 0.3 is 0 Å². The average molecular weight is 369 g/mol. The summed E-state index contributed by atoms with van der Waals surface area (Å²) in [5.74, 6) is 0.383. The van der Waals surface area contributed by atoms with E-state index >= 15 is 0 Å². The summed E-state index contributed by atoms with van der Waals surface area (Å²) in [5.41, 5.74) is 1.27. The van der Waals surface area contributed by atoms with Crippen LogP contribution in [0.15, 0.2) is 53.4 Å². The van der Waals surface area contributed by atoms with Gasteiger partial charge in [-0.15, -0.1) is 11.8 Å². The molecule has 0 aromatic heterocycles. The molecule has 2 aromatic rings. The first-order valence-electron chi connectivity index (χ1n) is 6.73. The van der Waals surface area contributed by atoms with Gasteiger partial charge in [-0.2, -0.15) is 0 Å². The van der Waals surface area contributed by atoms with Gasteiger partial charge in [-0.25, -0.2) is 8.42 Å². The van der Waals surface area contributed by atoms with Crippen molar-refractivity contribution in [2.75, 3.05) is 10.5 Å². The van der Waals surface area contributed by atoms with Crippen molar-refractivity contribution in [3.8, 4) is 0 Å². The summed E-state index contributed by atoms with van der Waals surface area (Å²) < 4.78 is 27.3. The number of carbonyl (C=O) groups is 1. The van der Waals surface area contributed by atoms with Gasteiger partial charge in [0.1, 0.15) is 5.37 Å². The molecule has 120 valence electrons. The highest BCUT2D eigenvalue weighted by atomic mass is 35.5. The lowest BCUT2D eigenvalue weighted by Crippen LogP contribution is -2.19. The monoisotopic (exact) mass is 368 g/mol. The van der Waals surface area contributed by atoms with Crippen molar-refractivity contribution in [1.29, 1.82) is 0 Å². The fourth-order valence-corrected chi connectivity index (χ4v) is 4.49. The lowest BCUT2D eigenvalue weighted by molar-refractivity contribution is -0.118. The Bertz CT molecular complexity index is 855. The van der Waals surface area contributed by atoms with E-state index in [-0.39, 0.29) is 16.2 Å². The Morgan fingerprint density at radius 3 is 2.65 bits per heavy atom. The fourth-order valence-electron chi connectivity index (χ4n) is 2.18. The van der Waals surface area contributed by atoms with E-state index in [1.807, 2.05) is 6.07 Å². The minimum atomic E-state index is -3.72. The van der Waals surface area contributed by atoms with Gasteiger partial charge in [0.05, 0.1) is 10.6 Å². The van der Waals surface area contributed by atoms with Gasteiger partial charge in [-0.05, 0) is 35.9 Å². The van der Waals surface area contributed by atoms with E-state index < -0.39 is 10.0 Å². The van der Waals surface area contributed by atoms with Gasteiger partial charge in [0, 0.05) is 10.7 Å². The highest BCUT2D eigenvalue weighted by molar-refractivity contribution is 8.00. The molecule has 1 aliphatic heterocycles. The Kier molecular flexibility index (Phi) is 4.52. The minimum Gasteiger partial charge on any atom is -0.339 e. The molecule has 0 saturated carbocycles. The van der Waals surface area contributed by atoms with E-state index in [2.05, 4.69) is 10.0 Å². The number of benzene rings is 2. The van der Waals surface area contributed by atoms with Gasteiger partial charge in [0.15, 0.2) is 0 Å². The van der Waals surface area contributed by atoms with Crippen LogP contribution in [0, 0.1) is 0 Å². The van der Waals surface area contributed by atoms with Gasteiger partial charge in [0.2, 0.25) is 5.91 Å². The van der Waals surface area contributed by atoms with E-state index in [4.69, 9.17) is 11.6 Å². The van der Waals surface area contributed by atoms with E-state index in [9.17, 15) is 13.2 Å².